The number of hydrogen-bond acceptors (Lipinski definition) is 5. The van der Waals surface area contributed by atoms with Crippen LogP contribution < -0.4 is 0 Å². The van der Waals surface area contributed by atoms with Crippen LogP contribution in [0.15, 0.2) is 48.9 Å². The summed E-state index contributed by atoms with van der Waals surface area (Å²) in [5.74, 6) is 0. The molecule has 0 saturated heterocycles. The van der Waals surface area contributed by atoms with Crippen molar-refractivity contribution in [2.75, 3.05) is 0 Å². The number of nitrogens with zero attached hydrogens (tertiary/aromatic N) is 3. The molecule has 1 N–H and O–H groups in total. The van der Waals surface area contributed by atoms with Crippen molar-refractivity contribution >= 4 is 22.9 Å². The first-order valence-corrected chi connectivity index (χ1v) is 8.09. The second-order valence-corrected chi connectivity index (χ2v) is 6.42. The van der Waals surface area contributed by atoms with Crippen LogP contribution in [0.1, 0.15) is 22.1 Å². The number of aliphatic hydroxyl groups is 1. The van der Waals surface area contributed by atoms with Gasteiger partial charge in [-0.25, -0.2) is 4.98 Å². The molecule has 1 unspecified atom stereocenters. The predicted molar refractivity (Wildman–Crippen MR) is 90.2 cm³/mol. The normalized spacial score (nSPS) is 11.9. The largest absolute Gasteiger partial charge is 0.387 e. The lowest BCUT2D eigenvalue weighted by Crippen LogP contribution is -1.99. The van der Waals surface area contributed by atoms with E-state index in [1.807, 2.05) is 18.2 Å². The predicted octanol–water partition coefficient (Wildman–Crippen LogP) is 4.01. The first kappa shape index (κ1) is 15.6. The first-order chi connectivity index (χ1) is 11.2. The fourth-order valence-electron chi connectivity index (χ4n) is 2.16. The minimum absolute atomic E-state index is 0.415. The Morgan fingerprint density at radius 3 is 2.78 bits per heavy atom. The van der Waals surface area contributed by atoms with E-state index in [9.17, 15) is 5.11 Å². The van der Waals surface area contributed by atoms with E-state index in [0.29, 0.717) is 17.0 Å². The Labute approximate surface area is 142 Å². The highest BCUT2D eigenvalue weighted by Gasteiger charge is 2.14. The molecule has 0 amide bonds. The summed E-state index contributed by atoms with van der Waals surface area (Å²) in [6.45, 7) is 0. The van der Waals surface area contributed by atoms with Crippen LogP contribution in [-0.2, 0) is 6.42 Å². The van der Waals surface area contributed by atoms with Crippen LogP contribution >= 0.6 is 22.9 Å². The number of rotatable bonds is 4. The van der Waals surface area contributed by atoms with Crippen LogP contribution in [0.3, 0.4) is 0 Å². The molecule has 0 aliphatic rings. The quantitative estimate of drug-likeness (QED) is 0.778. The zero-order valence-corrected chi connectivity index (χ0v) is 13.6. The molecule has 1 atom stereocenters. The highest BCUT2D eigenvalue weighted by Crippen LogP contribution is 2.31. The van der Waals surface area contributed by atoms with E-state index in [-0.39, 0.29) is 0 Å². The standard InChI is InChI=1S/C17H12ClN3OS/c18-14-2-1-12(8-13(14)9-19)17-21-10-16(23-17)15(22)7-11-3-5-20-6-4-11/h1-6,8,10,15,22H,7H2. The van der Waals surface area contributed by atoms with Crippen molar-refractivity contribution in [2.45, 2.75) is 12.5 Å². The first-order valence-electron chi connectivity index (χ1n) is 6.90. The third-order valence-corrected chi connectivity index (χ3v) is 4.84. The molecule has 3 aromatic rings. The van der Waals surface area contributed by atoms with Crippen molar-refractivity contribution < 1.29 is 5.11 Å². The SMILES string of the molecule is N#Cc1cc(-c2ncc(C(O)Cc3ccncc3)s2)ccc1Cl. The summed E-state index contributed by atoms with van der Waals surface area (Å²) < 4.78 is 0. The van der Waals surface area contributed by atoms with E-state index in [4.69, 9.17) is 16.9 Å². The number of hydrogen-bond donors (Lipinski definition) is 1. The van der Waals surface area contributed by atoms with Crippen molar-refractivity contribution in [3.8, 4) is 16.6 Å². The van der Waals surface area contributed by atoms with Gasteiger partial charge in [0.2, 0.25) is 0 Å². The fourth-order valence-corrected chi connectivity index (χ4v) is 3.22. The highest BCUT2D eigenvalue weighted by molar-refractivity contribution is 7.15. The lowest BCUT2D eigenvalue weighted by molar-refractivity contribution is 0.182. The van der Waals surface area contributed by atoms with Crippen LogP contribution in [0.5, 0.6) is 0 Å². The van der Waals surface area contributed by atoms with Crippen LogP contribution in [0, 0.1) is 11.3 Å². The Morgan fingerprint density at radius 1 is 1.26 bits per heavy atom. The van der Waals surface area contributed by atoms with Crippen LogP contribution in [0.2, 0.25) is 5.02 Å². The van der Waals surface area contributed by atoms with Crippen molar-refractivity contribution in [1.82, 2.24) is 9.97 Å². The lowest BCUT2D eigenvalue weighted by atomic mass is 10.1. The third kappa shape index (κ3) is 3.57. The van der Waals surface area contributed by atoms with Gasteiger partial charge in [-0.15, -0.1) is 11.3 Å². The molecule has 6 heteroatoms. The monoisotopic (exact) mass is 341 g/mol. The van der Waals surface area contributed by atoms with E-state index < -0.39 is 6.10 Å². The summed E-state index contributed by atoms with van der Waals surface area (Å²) in [4.78, 5) is 9.09. The highest BCUT2D eigenvalue weighted by atomic mass is 35.5. The zero-order chi connectivity index (χ0) is 16.2. The molecule has 0 saturated carbocycles. The molecule has 23 heavy (non-hydrogen) atoms. The summed E-state index contributed by atoms with van der Waals surface area (Å²) in [6.07, 6.45) is 4.97. The Morgan fingerprint density at radius 2 is 2.04 bits per heavy atom. The molecule has 0 aliphatic heterocycles. The van der Waals surface area contributed by atoms with E-state index in [2.05, 4.69) is 16.0 Å². The van der Waals surface area contributed by atoms with Gasteiger partial charge in [0, 0.05) is 30.6 Å². The number of aliphatic hydroxyl groups excluding tert-OH is 1. The Hall–Kier alpha value is -2.26. The minimum Gasteiger partial charge on any atom is -0.387 e. The van der Waals surface area contributed by atoms with Gasteiger partial charge in [0.05, 0.1) is 21.6 Å². The number of nitriles is 1. The fraction of sp³-hybridized carbons (Fsp3) is 0.118. The number of halogens is 1. The van der Waals surface area contributed by atoms with E-state index in [1.54, 1.807) is 30.7 Å². The maximum atomic E-state index is 10.4. The Balaban J connectivity index is 1.82. The van der Waals surface area contributed by atoms with Gasteiger partial charge in [-0.05, 0) is 29.8 Å². The van der Waals surface area contributed by atoms with Crippen LogP contribution in [0.25, 0.3) is 10.6 Å². The second-order valence-electron chi connectivity index (χ2n) is 4.95. The van der Waals surface area contributed by atoms with Gasteiger partial charge in [0.15, 0.2) is 0 Å². The van der Waals surface area contributed by atoms with Crippen LogP contribution in [0.4, 0.5) is 0 Å². The van der Waals surface area contributed by atoms with Gasteiger partial charge in [-0.2, -0.15) is 5.26 Å². The molecule has 0 radical (unpaired) electrons. The van der Waals surface area contributed by atoms with E-state index >= 15 is 0 Å². The van der Waals surface area contributed by atoms with Crippen LogP contribution in [-0.4, -0.2) is 15.1 Å². The van der Waals surface area contributed by atoms with E-state index in [0.717, 1.165) is 21.0 Å². The summed E-state index contributed by atoms with van der Waals surface area (Å²) in [7, 11) is 0. The lowest BCUT2D eigenvalue weighted by Gasteiger charge is -2.07. The number of thiazole rings is 1. The van der Waals surface area contributed by atoms with Crippen molar-refractivity contribution in [2.24, 2.45) is 0 Å². The second kappa shape index (κ2) is 6.88. The summed E-state index contributed by atoms with van der Waals surface area (Å²) >= 11 is 7.35. The topological polar surface area (TPSA) is 69.8 Å². The molecule has 0 bridgehead atoms. The van der Waals surface area contributed by atoms with Crippen molar-refractivity contribution in [1.29, 1.82) is 5.26 Å². The van der Waals surface area contributed by atoms with Gasteiger partial charge < -0.3 is 5.11 Å². The molecule has 114 valence electrons. The minimum atomic E-state index is -0.619. The average molecular weight is 342 g/mol. The molecule has 2 aromatic heterocycles. The molecular weight excluding hydrogens is 330 g/mol. The number of aromatic nitrogens is 2. The van der Waals surface area contributed by atoms with Gasteiger partial charge in [-0.3, -0.25) is 4.98 Å². The molecule has 0 spiro atoms. The molecule has 1 aromatic carbocycles. The van der Waals surface area contributed by atoms with Gasteiger partial charge in [0.25, 0.3) is 0 Å². The smallest absolute Gasteiger partial charge is 0.123 e. The molecule has 4 nitrogen and oxygen atoms in total. The molecular formula is C17H12ClN3OS. The summed E-state index contributed by atoms with van der Waals surface area (Å²) in [5.41, 5.74) is 2.25. The molecule has 2 heterocycles. The Bertz CT molecular complexity index is 858. The average Bonchev–Trinajstić information content (AvgIpc) is 3.06. The number of benzene rings is 1. The summed E-state index contributed by atoms with van der Waals surface area (Å²) in [6, 6.07) is 11.0. The van der Waals surface area contributed by atoms with Crippen molar-refractivity contribution in [3.05, 3.63) is 69.9 Å². The maximum Gasteiger partial charge on any atom is 0.123 e. The number of pyridine rings is 1. The third-order valence-electron chi connectivity index (χ3n) is 3.36. The molecule has 0 aliphatic carbocycles. The van der Waals surface area contributed by atoms with Gasteiger partial charge in [-0.1, -0.05) is 17.7 Å². The molecule has 0 fully saturated rings. The van der Waals surface area contributed by atoms with Gasteiger partial charge >= 0.3 is 0 Å². The zero-order valence-electron chi connectivity index (χ0n) is 12.0. The Kier molecular flexibility index (Phi) is 4.68. The van der Waals surface area contributed by atoms with Gasteiger partial charge in [0.1, 0.15) is 11.1 Å². The van der Waals surface area contributed by atoms with E-state index in [1.165, 1.54) is 11.3 Å². The molecule has 3 rings (SSSR count). The van der Waals surface area contributed by atoms with Crippen molar-refractivity contribution in [3.63, 3.8) is 0 Å². The summed E-state index contributed by atoms with van der Waals surface area (Å²) in [5, 5.41) is 20.6. The maximum absolute atomic E-state index is 10.4.